The predicted octanol–water partition coefficient (Wildman–Crippen LogP) is 2.15. The summed E-state index contributed by atoms with van der Waals surface area (Å²) in [6.45, 7) is 7.22. The summed E-state index contributed by atoms with van der Waals surface area (Å²) in [5, 5.41) is 0. The maximum atomic E-state index is 6.15. The van der Waals surface area contributed by atoms with Crippen molar-refractivity contribution in [2.75, 3.05) is 19.7 Å². The molecule has 0 spiro atoms. The first kappa shape index (κ1) is 13.3. The molecular formula is C14H28N2O. The SMILES string of the molecule is CCC1COC(C)CN1C1(CN)CCCCC1. The molecule has 2 atom stereocenters. The first-order valence-corrected chi connectivity index (χ1v) is 7.30. The third-order valence-corrected chi connectivity index (χ3v) is 4.71. The Bertz CT molecular complexity index is 238. The van der Waals surface area contributed by atoms with Gasteiger partial charge in [-0.3, -0.25) is 4.90 Å². The van der Waals surface area contributed by atoms with Gasteiger partial charge in [0, 0.05) is 24.7 Å². The van der Waals surface area contributed by atoms with E-state index >= 15 is 0 Å². The fourth-order valence-electron chi connectivity index (χ4n) is 3.58. The molecule has 3 nitrogen and oxygen atoms in total. The minimum absolute atomic E-state index is 0.275. The fourth-order valence-corrected chi connectivity index (χ4v) is 3.58. The van der Waals surface area contributed by atoms with Crippen LogP contribution in [0.5, 0.6) is 0 Å². The number of nitrogens with two attached hydrogens (primary N) is 1. The van der Waals surface area contributed by atoms with Gasteiger partial charge in [0.05, 0.1) is 12.7 Å². The molecule has 1 saturated carbocycles. The van der Waals surface area contributed by atoms with Gasteiger partial charge in [0.15, 0.2) is 0 Å². The standard InChI is InChI=1S/C14H28N2O/c1-3-13-10-17-12(2)9-16(13)14(11-15)7-5-4-6-8-14/h12-13H,3-11,15H2,1-2H3. The van der Waals surface area contributed by atoms with Gasteiger partial charge in [-0.25, -0.2) is 0 Å². The van der Waals surface area contributed by atoms with Crippen molar-refractivity contribution in [2.24, 2.45) is 5.73 Å². The van der Waals surface area contributed by atoms with E-state index in [-0.39, 0.29) is 5.54 Å². The van der Waals surface area contributed by atoms with Gasteiger partial charge in [0.25, 0.3) is 0 Å². The molecule has 2 fully saturated rings. The van der Waals surface area contributed by atoms with Gasteiger partial charge in [0.2, 0.25) is 0 Å². The monoisotopic (exact) mass is 240 g/mol. The van der Waals surface area contributed by atoms with Crippen LogP contribution in [0.3, 0.4) is 0 Å². The summed E-state index contributed by atoms with van der Waals surface area (Å²) >= 11 is 0. The zero-order valence-corrected chi connectivity index (χ0v) is 11.5. The second-order valence-electron chi connectivity index (χ2n) is 5.85. The molecule has 17 heavy (non-hydrogen) atoms. The van der Waals surface area contributed by atoms with Crippen molar-refractivity contribution in [2.45, 2.75) is 70.1 Å². The van der Waals surface area contributed by atoms with E-state index in [1.807, 2.05) is 0 Å². The molecule has 0 aromatic rings. The van der Waals surface area contributed by atoms with E-state index in [1.165, 1.54) is 38.5 Å². The van der Waals surface area contributed by atoms with Gasteiger partial charge in [-0.2, -0.15) is 0 Å². The molecule has 1 heterocycles. The van der Waals surface area contributed by atoms with Gasteiger partial charge in [-0.05, 0) is 26.2 Å². The predicted molar refractivity (Wildman–Crippen MR) is 71.1 cm³/mol. The van der Waals surface area contributed by atoms with Crippen LogP contribution >= 0.6 is 0 Å². The lowest BCUT2D eigenvalue weighted by molar-refractivity contribution is -0.107. The van der Waals surface area contributed by atoms with E-state index in [9.17, 15) is 0 Å². The van der Waals surface area contributed by atoms with E-state index < -0.39 is 0 Å². The van der Waals surface area contributed by atoms with Crippen molar-refractivity contribution in [3.63, 3.8) is 0 Å². The number of nitrogens with zero attached hydrogens (tertiary/aromatic N) is 1. The normalized spacial score (nSPS) is 34.8. The van der Waals surface area contributed by atoms with E-state index in [2.05, 4.69) is 18.7 Å². The lowest BCUT2D eigenvalue weighted by Crippen LogP contribution is -2.63. The Morgan fingerprint density at radius 2 is 2.00 bits per heavy atom. The number of hydrogen-bond donors (Lipinski definition) is 1. The molecule has 2 aliphatic rings. The summed E-state index contributed by atoms with van der Waals surface area (Å²) in [6, 6.07) is 0.577. The average molecular weight is 240 g/mol. The minimum Gasteiger partial charge on any atom is -0.376 e. The first-order valence-electron chi connectivity index (χ1n) is 7.30. The van der Waals surface area contributed by atoms with Crippen LogP contribution in [0.4, 0.5) is 0 Å². The van der Waals surface area contributed by atoms with Crippen LogP contribution < -0.4 is 5.73 Å². The molecule has 1 aliphatic carbocycles. The Morgan fingerprint density at radius 1 is 1.29 bits per heavy atom. The molecule has 100 valence electrons. The Kier molecular flexibility index (Phi) is 4.45. The highest BCUT2D eigenvalue weighted by Gasteiger charge is 2.42. The Balaban J connectivity index is 2.14. The molecule has 0 aromatic heterocycles. The van der Waals surface area contributed by atoms with Crippen molar-refractivity contribution in [1.29, 1.82) is 0 Å². The Labute approximate surface area is 106 Å². The molecule has 1 saturated heterocycles. The average Bonchev–Trinajstić information content (AvgIpc) is 2.39. The van der Waals surface area contributed by atoms with E-state index in [1.54, 1.807) is 0 Å². The summed E-state index contributed by atoms with van der Waals surface area (Å²) in [7, 11) is 0. The Hall–Kier alpha value is -0.120. The quantitative estimate of drug-likeness (QED) is 0.821. The second kappa shape index (κ2) is 5.68. The minimum atomic E-state index is 0.275. The van der Waals surface area contributed by atoms with Crippen LogP contribution in [0, 0.1) is 0 Å². The zero-order valence-electron chi connectivity index (χ0n) is 11.5. The molecule has 2 rings (SSSR count). The molecule has 0 radical (unpaired) electrons. The smallest absolute Gasteiger partial charge is 0.0675 e. The van der Waals surface area contributed by atoms with E-state index in [0.29, 0.717) is 12.1 Å². The number of rotatable bonds is 3. The van der Waals surface area contributed by atoms with Gasteiger partial charge >= 0.3 is 0 Å². The van der Waals surface area contributed by atoms with E-state index in [4.69, 9.17) is 10.5 Å². The van der Waals surface area contributed by atoms with Gasteiger partial charge < -0.3 is 10.5 Å². The highest BCUT2D eigenvalue weighted by molar-refractivity contribution is 4.98. The molecule has 1 aliphatic heterocycles. The molecule has 0 aromatic carbocycles. The van der Waals surface area contributed by atoms with Crippen LogP contribution in [0.15, 0.2) is 0 Å². The Morgan fingerprint density at radius 3 is 2.59 bits per heavy atom. The van der Waals surface area contributed by atoms with Crippen molar-refractivity contribution < 1.29 is 4.74 Å². The van der Waals surface area contributed by atoms with Crippen LogP contribution in [0.1, 0.15) is 52.4 Å². The van der Waals surface area contributed by atoms with Gasteiger partial charge in [-0.1, -0.05) is 26.2 Å². The first-order chi connectivity index (χ1) is 8.22. The molecule has 3 heteroatoms. The number of hydrogen-bond acceptors (Lipinski definition) is 3. The summed E-state index contributed by atoms with van der Waals surface area (Å²) in [6.07, 6.45) is 8.19. The fraction of sp³-hybridized carbons (Fsp3) is 1.00. The summed E-state index contributed by atoms with van der Waals surface area (Å²) in [4.78, 5) is 2.69. The van der Waals surface area contributed by atoms with Gasteiger partial charge in [0.1, 0.15) is 0 Å². The highest BCUT2D eigenvalue weighted by atomic mass is 16.5. The van der Waals surface area contributed by atoms with Crippen LogP contribution in [-0.4, -0.2) is 42.3 Å². The van der Waals surface area contributed by atoms with Crippen LogP contribution in [-0.2, 0) is 4.74 Å². The molecular weight excluding hydrogens is 212 g/mol. The van der Waals surface area contributed by atoms with Crippen molar-refractivity contribution in [1.82, 2.24) is 4.90 Å². The number of ether oxygens (including phenoxy) is 1. The third kappa shape index (κ3) is 2.67. The largest absolute Gasteiger partial charge is 0.376 e. The maximum absolute atomic E-state index is 6.15. The van der Waals surface area contributed by atoms with E-state index in [0.717, 1.165) is 19.7 Å². The molecule has 0 amide bonds. The zero-order chi connectivity index (χ0) is 12.3. The third-order valence-electron chi connectivity index (χ3n) is 4.71. The van der Waals surface area contributed by atoms with Crippen molar-refractivity contribution in [3.8, 4) is 0 Å². The van der Waals surface area contributed by atoms with Crippen LogP contribution in [0.25, 0.3) is 0 Å². The van der Waals surface area contributed by atoms with Gasteiger partial charge in [-0.15, -0.1) is 0 Å². The molecule has 2 unspecified atom stereocenters. The summed E-state index contributed by atoms with van der Waals surface area (Å²) in [5.41, 5.74) is 6.42. The van der Waals surface area contributed by atoms with Crippen LogP contribution in [0.2, 0.25) is 0 Å². The van der Waals surface area contributed by atoms with Crippen molar-refractivity contribution in [3.05, 3.63) is 0 Å². The lowest BCUT2D eigenvalue weighted by Gasteiger charge is -2.52. The second-order valence-corrected chi connectivity index (χ2v) is 5.85. The topological polar surface area (TPSA) is 38.5 Å². The molecule has 2 N–H and O–H groups in total. The highest BCUT2D eigenvalue weighted by Crippen LogP contribution is 2.36. The lowest BCUT2D eigenvalue weighted by atomic mass is 9.78. The van der Waals surface area contributed by atoms with Crippen molar-refractivity contribution >= 4 is 0 Å². The number of morpholine rings is 1. The maximum Gasteiger partial charge on any atom is 0.0675 e. The summed E-state index contributed by atoms with van der Waals surface area (Å²) < 4.78 is 5.81. The molecule has 0 bridgehead atoms. The summed E-state index contributed by atoms with van der Waals surface area (Å²) in [5.74, 6) is 0.